The lowest BCUT2D eigenvalue weighted by Gasteiger charge is -2.11. The van der Waals surface area contributed by atoms with Crippen molar-refractivity contribution >= 4 is 11.8 Å². The Morgan fingerprint density at radius 3 is 2.70 bits per heavy atom. The zero-order valence-corrected chi connectivity index (χ0v) is 13.6. The van der Waals surface area contributed by atoms with Crippen molar-refractivity contribution in [2.45, 2.75) is 19.8 Å². The fraction of sp³-hybridized carbons (Fsp3) is 0.375. The van der Waals surface area contributed by atoms with Crippen LogP contribution in [0.4, 0.5) is 0 Å². The number of amides is 2. The van der Waals surface area contributed by atoms with Gasteiger partial charge in [0.25, 0.3) is 5.91 Å². The van der Waals surface area contributed by atoms with Crippen LogP contribution in [0.2, 0.25) is 0 Å². The van der Waals surface area contributed by atoms with E-state index in [-0.39, 0.29) is 18.2 Å². The maximum absolute atomic E-state index is 12.3. The molecule has 2 heterocycles. The number of nitrogens with zero attached hydrogens (tertiary/aromatic N) is 4. The van der Waals surface area contributed by atoms with Crippen LogP contribution in [0.25, 0.3) is 5.82 Å². The Kier molecular flexibility index (Phi) is 5.46. The van der Waals surface area contributed by atoms with Gasteiger partial charge in [-0.2, -0.15) is 5.10 Å². The van der Waals surface area contributed by atoms with Gasteiger partial charge in [0.15, 0.2) is 5.82 Å². The summed E-state index contributed by atoms with van der Waals surface area (Å²) in [5.74, 6) is 0.423. The Labute approximate surface area is 135 Å². The number of hydrogen-bond acceptors (Lipinski definition) is 4. The van der Waals surface area contributed by atoms with Gasteiger partial charge < -0.3 is 10.2 Å². The molecule has 2 aromatic rings. The minimum Gasteiger partial charge on any atom is -0.351 e. The number of aromatic nitrogens is 3. The van der Waals surface area contributed by atoms with E-state index >= 15 is 0 Å². The molecule has 0 aliphatic heterocycles. The van der Waals surface area contributed by atoms with Crippen molar-refractivity contribution < 1.29 is 9.59 Å². The van der Waals surface area contributed by atoms with Gasteiger partial charge in [0.2, 0.25) is 5.91 Å². The van der Waals surface area contributed by atoms with Gasteiger partial charge >= 0.3 is 0 Å². The van der Waals surface area contributed by atoms with Gasteiger partial charge in [0, 0.05) is 33.3 Å². The highest BCUT2D eigenvalue weighted by atomic mass is 16.2. The molecule has 0 atom stereocenters. The first-order chi connectivity index (χ1) is 11.0. The zero-order chi connectivity index (χ0) is 16.8. The molecule has 0 spiro atoms. The van der Waals surface area contributed by atoms with Crippen molar-refractivity contribution in [3.63, 3.8) is 0 Å². The third-order valence-corrected chi connectivity index (χ3v) is 3.44. The monoisotopic (exact) mass is 315 g/mol. The summed E-state index contributed by atoms with van der Waals surface area (Å²) in [4.78, 5) is 29.6. The predicted molar refractivity (Wildman–Crippen MR) is 86.4 cm³/mol. The largest absolute Gasteiger partial charge is 0.351 e. The summed E-state index contributed by atoms with van der Waals surface area (Å²) >= 11 is 0. The Morgan fingerprint density at radius 2 is 2.09 bits per heavy atom. The zero-order valence-electron chi connectivity index (χ0n) is 13.6. The molecular weight excluding hydrogens is 294 g/mol. The Hall–Kier alpha value is -2.70. The Morgan fingerprint density at radius 1 is 1.30 bits per heavy atom. The minimum atomic E-state index is -0.226. The van der Waals surface area contributed by atoms with Gasteiger partial charge in [0.1, 0.15) is 0 Å². The van der Waals surface area contributed by atoms with Crippen LogP contribution in [0.3, 0.4) is 0 Å². The quantitative estimate of drug-likeness (QED) is 0.863. The summed E-state index contributed by atoms with van der Waals surface area (Å²) < 4.78 is 1.67. The van der Waals surface area contributed by atoms with Crippen LogP contribution in [-0.2, 0) is 11.2 Å². The summed E-state index contributed by atoms with van der Waals surface area (Å²) in [6.07, 6.45) is 4.14. The number of pyridine rings is 1. The van der Waals surface area contributed by atoms with Crippen LogP contribution < -0.4 is 5.32 Å². The minimum absolute atomic E-state index is 0.0230. The number of hydrogen-bond donors (Lipinski definition) is 1. The molecule has 0 saturated heterocycles. The van der Waals surface area contributed by atoms with Gasteiger partial charge in [-0.1, -0.05) is 13.0 Å². The standard InChI is InChI=1S/C16H21N5O2/c1-4-13-12(16(23)18-10-8-15(22)20(2)3)11-19-21(13)14-7-5-6-9-17-14/h5-7,9,11H,4,8,10H2,1-3H3,(H,18,23). The van der Waals surface area contributed by atoms with Crippen LogP contribution in [0, 0.1) is 0 Å². The first-order valence-corrected chi connectivity index (χ1v) is 7.51. The topological polar surface area (TPSA) is 80.1 Å². The van der Waals surface area contributed by atoms with Crippen molar-refractivity contribution in [3.8, 4) is 5.82 Å². The van der Waals surface area contributed by atoms with E-state index in [1.54, 1.807) is 25.0 Å². The second kappa shape index (κ2) is 7.53. The van der Waals surface area contributed by atoms with Crippen LogP contribution in [-0.4, -0.2) is 52.1 Å². The van der Waals surface area contributed by atoms with Crippen molar-refractivity contribution in [1.29, 1.82) is 0 Å². The Bertz CT molecular complexity index is 679. The molecule has 2 aromatic heterocycles. The molecule has 122 valence electrons. The highest BCUT2D eigenvalue weighted by Crippen LogP contribution is 2.14. The molecule has 0 aromatic carbocycles. The van der Waals surface area contributed by atoms with Crippen molar-refractivity contribution in [1.82, 2.24) is 25.0 Å². The van der Waals surface area contributed by atoms with Gasteiger partial charge in [-0.3, -0.25) is 9.59 Å². The lowest BCUT2D eigenvalue weighted by Crippen LogP contribution is -2.30. The summed E-state index contributed by atoms with van der Waals surface area (Å²) in [7, 11) is 3.38. The number of carbonyl (C=O) groups is 2. The molecule has 2 rings (SSSR count). The maximum atomic E-state index is 12.3. The van der Waals surface area contributed by atoms with Crippen LogP contribution in [0.15, 0.2) is 30.6 Å². The molecule has 7 nitrogen and oxygen atoms in total. The predicted octanol–water partition coefficient (Wildman–Crippen LogP) is 1.04. The van der Waals surface area contributed by atoms with Crippen molar-refractivity contribution in [2.24, 2.45) is 0 Å². The fourth-order valence-electron chi connectivity index (χ4n) is 2.18. The maximum Gasteiger partial charge on any atom is 0.254 e. The number of rotatable bonds is 6. The summed E-state index contributed by atoms with van der Waals surface area (Å²) in [6.45, 7) is 2.26. The fourth-order valence-corrected chi connectivity index (χ4v) is 2.18. The average molecular weight is 315 g/mol. The molecule has 1 N–H and O–H groups in total. The molecule has 0 aliphatic rings. The second-order valence-corrected chi connectivity index (χ2v) is 5.25. The van der Waals surface area contributed by atoms with E-state index in [1.165, 1.54) is 11.1 Å². The first kappa shape index (κ1) is 16.7. The molecule has 2 amide bonds. The third-order valence-electron chi connectivity index (χ3n) is 3.44. The molecule has 0 bridgehead atoms. The van der Waals surface area contributed by atoms with E-state index < -0.39 is 0 Å². The second-order valence-electron chi connectivity index (χ2n) is 5.25. The lowest BCUT2D eigenvalue weighted by molar-refractivity contribution is -0.128. The van der Waals surface area contributed by atoms with Crippen LogP contribution in [0.5, 0.6) is 0 Å². The summed E-state index contributed by atoms with van der Waals surface area (Å²) in [5, 5.41) is 7.03. The van der Waals surface area contributed by atoms with E-state index in [1.807, 2.05) is 25.1 Å². The molecule has 0 aliphatic carbocycles. The van der Waals surface area contributed by atoms with E-state index in [2.05, 4.69) is 15.4 Å². The molecule has 0 fully saturated rings. The van der Waals surface area contributed by atoms with E-state index in [4.69, 9.17) is 0 Å². The Balaban J connectivity index is 2.10. The van der Waals surface area contributed by atoms with Gasteiger partial charge in [-0.15, -0.1) is 0 Å². The van der Waals surface area contributed by atoms with E-state index in [0.29, 0.717) is 24.3 Å². The third kappa shape index (κ3) is 3.94. The molecule has 0 radical (unpaired) electrons. The van der Waals surface area contributed by atoms with Crippen LogP contribution in [0.1, 0.15) is 29.4 Å². The highest BCUT2D eigenvalue weighted by molar-refractivity contribution is 5.95. The normalized spacial score (nSPS) is 10.4. The average Bonchev–Trinajstić information content (AvgIpc) is 2.99. The van der Waals surface area contributed by atoms with Crippen LogP contribution >= 0.6 is 0 Å². The molecule has 0 unspecified atom stereocenters. The van der Waals surface area contributed by atoms with Gasteiger partial charge in [-0.05, 0) is 18.6 Å². The first-order valence-electron chi connectivity index (χ1n) is 7.51. The molecule has 0 saturated carbocycles. The molecule has 7 heteroatoms. The number of nitrogens with one attached hydrogen (secondary N) is 1. The molecule has 23 heavy (non-hydrogen) atoms. The summed E-state index contributed by atoms with van der Waals surface area (Å²) in [6, 6.07) is 5.54. The van der Waals surface area contributed by atoms with E-state index in [0.717, 1.165) is 5.69 Å². The summed E-state index contributed by atoms with van der Waals surface area (Å²) in [5.41, 5.74) is 1.30. The molecular formula is C16H21N5O2. The SMILES string of the molecule is CCc1c(C(=O)NCCC(=O)N(C)C)cnn1-c1ccccn1. The lowest BCUT2D eigenvalue weighted by atomic mass is 10.2. The van der Waals surface area contributed by atoms with Gasteiger partial charge in [-0.25, -0.2) is 9.67 Å². The van der Waals surface area contributed by atoms with Gasteiger partial charge in [0.05, 0.1) is 17.5 Å². The van der Waals surface area contributed by atoms with Crippen molar-refractivity contribution in [2.75, 3.05) is 20.6 Å². The number of carbonyl (C=O) groups excluding carboxylic acids is 2. The highest BCUT2D eigenvalue weighted by Gasteiger charge is 2.17. The van der Waals surface area contributed by atoms with Crippen molar-refractivity contribution in [3.05, 3.63) is 41.9 Å². The van der Waals surface area contributed by atoms with E-state index in [9.17, 15) is 9.59 Å². The smallest absolute Gasteiger partial charge is 0.254 e.